The summed E-state index contributed by atoms with van der Waals surface area (Å²) in [5.74, 6) is 0. The zero-order valence-electron chi connectivity index (χ0n) is 8.69. The highest BCUT2D eigenvalue weighted by Crippen LogP contribution is 2.19. The van der Waals surface area contributed by atoms with Crippen LogP contribution in [0.5, 0.6) is 0 Å². The molecule has 1 nitrogen and oxygen atoms in total. The largest absolute Gasteiger partial charge is 0.304 e. The Hall–Kier alpha value is -0.0831. The van der Waals surface area contributed by atoms with Gasteiger partial charge in [0.05, 0.1) is 8.07 Å². The van der Waals surface area contributed by atoms with Crippen LogP contribution in [0.3, 0.4) is 0 Å². The maximum absolute atomic E-state index is 4.09. The predicted molar refractivity (Wildman–Crippen MR) is 58.2 cm³/mol. The van der Waals surface area contributed by atoms with Gasteiger partial charge in [-0.05, 0) is 39.0 Å². The van der Waals surface area contributed by atoms with Gasteiger partial charge in [0.25, 0.3) is 0 Å². The fraction of sp³-hybridized carbons (Fsp3) is 0.800. The molecule has 0 radical (unpaired) electrons. The summed E-state index contributed by atoms with van der Waals surface area (Å²) in [7, 11) is -1.06. The molecule has 0 bridgehead atoms. The number of likely N-dealkylation sites (tertiary alicyclic amines) is 1. The van der Waals surface area contributed by atoms with Crippen molar-refractivity contribution in [2.45, 2.75) is 32.5 Å². The van der Waals surface area contributed by atoms with E-state index < -0.39 is 8.07 Å². The summed E-state index contributed by atoms with van der Waals surface area (Å²) in [6.45, 7) is 15.1. The highest BCUT2D eigenvalue weighted by atomic mass is 28.3. The molecule has 1 aliphatic rings. The molecule has 0 amide bonds. The first-order valence-corrected chi connectivity index (χ1v) is 8.11. The third-order valence-electron chi connectivity index (χ3n) is 3.16. The summed E-state index contributed by atoms with van der Waals surface area (Å²) in [4.78, 5) is 2.55. The highest BCUT2D eigenvalue weighted by molar-refractivity contribution is 6.84. The second-order valence-electron chi connectivity index (χ2n) is 4.61. The molecule has 2 heteroatoms. The van der Waals surface area contributed by atoms with Gasteiger partial charge < -0.3 is 4.90 Å². The molecule has 1 heterocycles. The molecule has 0 N–H and O–H groups in total. The van der Waals surface area contributed by atoms with Crippen LogP contribution in [-0.2, 0) is 0 Å². The van der Waals surface area contributed by atoms with Gasteiger partial charge in [-0.1, -0.05) is 18.3 Å². The first-order chi connectivity index (χ1) is 5.52. The Kier molecular flexibility index (Phi) is 3.13. The van der Waals surface area contributed by atoms with Gasteiger partial charge in [0.1, 0.15) is 0 Å². The second-order valence-corrected chi connectivity index (χ2v) is 9.73. The van der Waals surface area contributed by atoms with Crippen LogP contribution >= 0.6 is 0 Å². The van der Waals surface area contributed by atoms with Crippen molar-refractivity contribution in [3.8, 4) is 0 Å². The fourth-order valence-electron chi connectivity index (χ4n) is 1.26. The minimum Gasteiger partial charge on any atom is -0.304 e. The normalized spacial score (nSPS) is 18.9. The van der Waals surface area contributed by atoms with E-state index in [-0.39, 0.29) is 0 Å². The van der Waals surface area contributed by atoms with Gasteiger partial charge in [0.15, 0.2) is 0 Å². The maximum atomic E-state index is 4.09. The van der Waals surface area contributed by atoms with Crippen molar-refractivity contribution >= 4 is 8.07 Å². The van der Waals surface area contributed by atoms with Crippen molar-refractivity contribution in [1.82, 2.24) is 4.90 Å². The van der Waals surface area contributed by atoms with Gasteiger partial charge in [0, 0.05) is 0 Å². The summed E-state index contributed by atoms with van der Waals surface area (Å²) in [6.07, 6.45) is 1.41. The zero-order valence-corrected chi connectivity index (χ0v) is 9.69. The molecule has 70 valence electrons. The summed E-state index contributed by atoms with van der Waals surface area (Å²) in [6, 6.07) is 1.39. The molecule has 0 aromatic heterocycles. The van der Waals surface area contributed by atoms with Crippen molar-refractivity contribution in [2.24, 2.45) is 0 Å². The number of hydrogen-bond donors (Lipinski definition) is 0. The average Bonchev–Trinajstić information content (AvgIpc) is 1.83. The van der Waals surface area contributed by atoms with Crippen LogP contribution in [0.1, 0.15) is 13.3 Å². The van der Waals surface area contributed by atoms with Gasteiger partial charge in [-0.15, -0.1) is 6.58 Å². The average molecular weight is 183 g/mol. The molecule has 1 saturated heterocycles. The van der Waals surface area contributed by atoms with Crippen LogP contribution in [0, 0.1) is 0 Å². The Morgan fingerprint density at radius 1 is 1.42 bits per heavy atom. The molecule has 0 spiro atoms. The van der Waals surface area contributed by atoms with E-state index >= 15 is 0 Å². The number of nitrogens with zero attached hydrogens (tertiary/aromatic N) is 1. The Morgan fingerprint density at radius 2 is 2.00 bits per heavy atom. The topological polar surface area (TPSA) is 3.24 Å². The smallest absolute Gasteiger partial charge is 0.0755 e. The lowest BCUT2D eigenvalue weighted by molar-refractivity contribution is 0.191. The fourth-order valence-corrected chi connectivity index (χ4v) is 2.56. The molecular weight excluding hydrogens is 162 g/mol. The van der Waals surface area contributed by atoms with E-state index in [0.717, 1.165) is 0 Å². The molecule has 12 heavy (non-hydrogen) atoms. The quantitative estimate of drug-likeness (QED) is 0.605. The Labute approximate surface area is 77.5 Å². The first kappa shape index (κ1) is 10.0. The zero-order chi connectivity index (χ0) is 9.19. The lowest BCUT2D eigenvalue weighted by Crippen LogP contribution is -2.41. The summed E-state index contributed by atoms with van der Waals surface area (Å²) < 4.78 is 0. The van der Waals surface area contributed by atoms with Crippen molar-refractivity contribution in [3.05, 3.63) is 11.8 Å². The lowest BCUT2D eigenvalue weighted by atomic mass is 10.2. The molecule has 0 aliphatic carbocycles. The van der Waals surface area contributed by atoms with Crippen LogP contribution < -0.4 is 0 Å². The van der Waals surface area contributed by atoms with Crippen molar-refractivity contribution < 1.29 is 0 Å². The van der Waals surface area contributed by atoms with Gasteiger partial charge in [-0.2, -0.15) is 0 Å². The Bertz CT molecular complexity index is 171. The third-order valence-corrected chi connectivity index (χ3v) is 6.94. The summed E-state index contributed by atoms with van der Waals surface area (Å²) in [5.41, 5.74) is 0. The minimum absolute atomic E-state index is 1.06. The monoisotopic (exact) mass is 183 g/mol. The van der Waals surface area contributed by atoms with Crippen molar-refractivity contribution in [3.63, 3.8) is 0 Å². The molecule has 0 atom stereocenters. The van der Waals surface area contributed by atoms with E-state index in [4.69, 9.17) is 0 Å². The molecule has 0 saturated carbocycles. The molecule has 0 aromatic rings. The van der Waals surface area contributed by atoms with Crippen LogP contribution in [0.25, 0.3) is 0 Å². The lowest BCUT2D eigenvalue weighted by Gasteiger charge is -2.34. The predicted octanol–water partition coefficient (Wildman–Crippen LogP) is 2.52. The van der Waals surface area contributed by atoms with Gasteiger partial charge in [0.2, 0.25) is 0 Å². The molecule has 1 rings (SSSR count). The molecule has 1 aliphatic heterocycles. The molecule has 1 fully saturated rings. The summed E-state index contributed by atoms with van der Waals surface area (Å²) in [5, 5.41) is 1.45. The molecular formula is C10H21NSi. The van der Waals surface area contributed by atoms with E-state index in [1.807, 2.05) is 0 Å². The highest BCUT2D eigenvalue weighted by Gasteiger charge is 2.23. The van der Waals surface area contributed by atoms with E-state index in [9.17, 15) is 0 Å². The van der Waals surface area contributed by atoms with E-state index in [0.29, 0.717) is 0 Å². The number of hydrogen-bond acceptors (Lipinski definition) is 1. The van der Waals surface area contributed by atoms with Crippen molar-refractivity contribution in [1.29, 1.82) is 0 Å². The van der Waals surface area contributed by atoms with Crippen LogP contribution in [-0.4, -0.2) is 32.6 Å². The van der Waals surface area contributed by atoms with Gasteiger partial charge in [-0.3, -0.25) is 0 Å². The van der Waals surface area contributed by atoms with E-state index in [2.05, 4.69) is 31.5 Å². The molecule has 0 aromatic carbocycles. The minimum atomic E-state index is -1.06. The number of rotatable bonds is 4. The van der Waals surface area contributed by atoms with Gasteiger partial charge in [-0.25, -0.2) is 0 Å². The van der Waals surface area contributed by atoms with E-state index in [1.165, 1.54) is 37.3 Å². The Balaban J connectivity index is 2.24. The Morgan fingerprint density at radius 3 is 2.33 bits per heavy atom. The maximum Gasteiger partial charge on any atom is 0.0755 e. The van der Waals surface area contributed by atoms with E-state index in [1.54, 1.807) is 0 Å². The SMILES string of the molecule is C=C(C)[Si](C)(C)CCN1CCC1. The van der Waals surface area contributed by atoms with Crippen LogP contribution in [0.15, 0.2) is 11.8 Å². The second kappa shape index (κ2) is 3.75. The number of allylic oxidation sites excluding steroid dienone is 1. The standard InChI is InChI=1S/C10H21NSi/c1-10(2)12(3,4)9-8-11-6-5-7-11/h1,5-9H2,2-4H3. The van der Waals surface area contributed by atoms with Gasteiger partial charge >= 0.3 is 0 Å². The van der Waals surface area contributed by atoms with Crippen molar-refractivity contribution in [2.75, 3.05) is 19.6 Å². The molecule has 0 unspecified atom stereocenters. The first-order valence-electron chi connectivity index (χ1n) is 4.91. The third kappa shape index (κ3) is 2.46. The summed E-state index contributed by atoms with van der Waals surface area (Å²) >= 11 is 0. The van der Waals surface area contributed by atoms with Crippen LogP contribution in [0.2, 0.25) is 19.1 Å². The van der Waals surface area contributed by atoms with Crippen LogP contribution in [0.4, 0.5) is 0 Å².